The van der Waals surface area contributed by atoms with Crippen molar-refractivity contribution in [1.82, 2.24) is 9.88 Å². The Morgan fingerprint density at radius 3 is 3.18 bits per heavy atom. The lowest BCUT2D eigenvalue weighted by Gasteiger charge is -2.30. The van der Waals surface area contributed by atoms with Gasteiger partial charge in [0, 0.05) is 29.0 Å². The van der Waals surface area contributed by atoms with E-state index in [4.69, 9.17) is 5.11 Å². The average molecular weight is 317 g/mol. The number of carbonyl (C=O) groups is 1. The second kappa shape index (κ2) is 5.73. The number of nitrogens with zero attached hydrogens (tertiary/aromatic N) is 2. The quantitative estimate of drug-likeness (QED) is 0.911. The maximum absolute atomic E-state index is 10.9. The molecule has 17 heavy (non-hydrogen) atoms. The Morgan fingerprint density at radius 1 is 1.65 bits per heavy atom. The standard InChI is InChI=1S/C11H13BrN2O2S/c12-9-4-1-5-13-10(9)17-8-3-2-6-14(7-8)11(15)16/h1,4-5,8H,2-3,6-7H2,(H,15,16). The number of aromatic nitrogens is 1. The van der Waals surface area contributed by atoms with Gasteiger partial charge in [0.15, 0.2) is 0 Å². The number of halogens is 1. The first-order chi connectivity index (χ1) is 8.16. The molecule has 1 unspecified atom stereocenters. The molecule has 1 atom stereocenters. The summed E-state index contributed by atoms with van der Waals surface area (Å²) < 4.78 is 0.970. The van der Waals surface area contributed by atoms with E-state index in [1.807, 2.05) is 12.1 Å². The predicted molar refractivity (Wildman–Crippen MR) is 70.4 cm³/mol. The number of thioether (sulfide) groups is 1. The first-order valence-electron chi connectivity index (χ1n) is 5.42. The van der Waals surface area contributed by atoms with Crippen molar-refractivity contribution in [2.24, 2.45) is 0 Å². The summed E-state index contributed by atoms with van der Waals surface area (Å²) in [5.74, 6) is 0. The average Bonchev–Trinajstić information content (AvgIpc) is 2.32. The number of amides is 1. The molecule has 2 heterocycles. The fraction of sp³-hybridized carbons (Fsp3) is 0.455. The van der Waals surface area contributed by atoms with E-state index < -0.39 is 6.09 Å². The van der Waals surface area contributed by atoms with Gasteiger partial charge in [0.05, 0.1) is 0 Å². The summed E-state index contributed by atoms with van der Waals surface area (Å²) in [6.07, 6.45) is 2.90. The fourth-order valence-corrected chi connectivity index (χ4v) is 3.52. The van der Waals surface area contributed by atoms with Gasteiger partial charge < -0.3 is 10.0 Å². The normalized spacial score (nSPS) is 20.3. The molecule has 1 N–H and O–H groups in total. The fourth-order valence-electron chi connectivity index (χ4n) is 1.82. The van der Waals surface area contributed by atoms with Crippen LogP contribution in [-0.4, -0.2) is 39.4 Å². The third kappa shape index (κ3) is 3.35. The Morgan fingerprint density at radius 2 is 2.47 bits per heavy atom. The van der Waals surface area contributed by atoms with Crippen LogP contribution in [0.1, 0.15) is 12.8 Å². The number of hydrogen-bond acceptors (Lipinski definition) is 3. The molecule has 2 rings (SSSR count). The second-order valence-electron chi connectivity index (χ2n) is 3.90. The Bertz CT molecular complexity index is 416. The van der Waals surface area contributed by atoms with Crippen LogP contribution in [0.15, 0.2) is 27.8 Å². The molecule has 1 aliphatic rings. The van der Waals surface area contributed by atoms with E-state index in [1.54, 1.807) is 18.0 Å². The molecule has 1 amide bonds. The van der Waals surface area contributed by atoms with Crippen molar-refractivity contribution >= 4 is 33.8 Å². The minimum atomic E-state index is -0.824. The number of carboxylic acid groups (broad SMARTS) is 1. The number of likely N-dealkylation sites (tertiary alicyclic amines) is 1. The van der Waals surface area contributed by atoms with Gasteiger partial charge in [-0.1, -0.05) is 0 Å². The van der Waals surface area contributed by atoms with Gasteiger partial charge in [-0.2, -0.15) is 0 Å². The molecule has 1 saturated heterocycles. The molecule has 0 saturated carbocycles. The van der Waals surface area contributed by atoms with Gasteiger partial charge >= 0.3 is 6.09 Å². The van der Waals surface area contributed by atoms with E-state index in [0.29, 0.717) is 18.3 Å². The Hall–Kier alpha value is -0.750. The molecule has 6 heteroatoms. The molecule has 0 radical (unpaired) electrons. The van der Waals surface area contributed by atoms with Crippen LogP contribution in [-0.2, 0) is 0 Å². The van der Waals surface area contributed by atoms with E-state index in [0.717, 1.165) is 22.3 Å². The second-order valence-corrected chi connectivity index (χ2v) is 6.04. The maximum Gasteiger partial charge on any atom is 0.407 e. The van der Waals surface area contributed by atoms with Crippen molar-refractivity contribution in [2.45, 2.75) is 23.1 Å². The minimum Gasteiger partial charge on any atom is -0.465 e. The van der Waals surface area contributed by atoms with Crippen molar-refractivity contribution in [3.05, 3.63) is 22.8 Å². The highest BCUT2D eigenvalue weighted by atomic mass is 79.9. The lowest BCUT2D eigenvalue weighted by Crippen LogP contribution is -2.40. The maximum atomic E-state index is 10.9. The van der Waals surface area contributed by atoms with E-state index in [9.17, 15) is 4.79 Å². The zero-order valence-electron chi connectivity index (χ0n) is 9.17. The van der Waals surface area contributed by atoms with Crippen LogP contribution in [0.2, 0.25) is 0 Å². The van der Waals surface area contributed by atoms with Crippen molar-refractivity contribution in [3.63, 3.8) is 0 Å². The van der Waals surface area contributed by atoms with Gasteiger partial charge in [-0.15, -0.1) is 11.8 Å². The summed E-state index contributed by atoms with van der Waals surface area (Å²) in [6, 6.07) is 3.83. The third-order valence-corrected chi connectivity index (χ3v) is 4.82. The van der Waals surface area contributed by atoms with Crippen LogP contribution in [0, 0.1) is 0 Å². The molecule has 92 valence electrons. The van der Waals surface area contributed by atoms with Crippen LogP contribution >= 0.6 is 27.7 Å². The summed E-state index contributed by atoms with van der Waals surface area (Å²) in [6.45, 7) is 1.23. The summed E-state index contributed by atoms with van der Waals surface area (Å²) in [5.41, 5.74) is 0. The Kier molecular flexibility index (Phi) is 4.28. The molecule has 0 spiro atoms. The Labute approximate surface area is 113 Å². The topological polar surface area (TPSA) is 53.4 Å². The van der Waals surface area contributed by atoms with Crippen LogP contribution in [0.4, 0.5) is 4.79 Å². The van der Waals surface area contributed by atoms with E-state index in [-0.39, 0.29) is 0 Å². The van der Waals surface area contributed by atoms with E-state index in [1.165, 1.54) is 4.90 Å². The summed E-state index contributed by atoms with van der Waals surface area (Å²) in [4.78, 5) is 16.7. The molecule has 0 bridgehead atoms. The van der Waals surface area contributed by atoms with Gasteiger partial charge in [0.2, 0.25) is 0 Å². The van der Waals surface area contributed by atoms with Crippen LogP contribution in [0.25, 0.3) is 0 Å². The zero-order chi connectivity index (χ0) is 12.3. The number of piperidine rings is 1. The molecular weight excluding hydrogens is 304 g/mol. The van der Waals surface area contributed by atoms with Crippen LogP contribution in [0.5, 0.6) is 0 Å². The van der Waals surface area contributed by atoms with Gasteiger partial charge in [-0.05, 0) is 40.9 Å². The van der Waals surface area contributed by atoms with Gasteiger partial charge in [-0.25, -0.2) is 9.78 Å². The molecule has 1 aliphatic heterocycles. The first kappa shape index (κ1) is 12.7. The highest BCUT2D eigenvalue weighted by molar-refractivity contribution is 9.10. The summed E-state index contributed by atoms with van der Waals surface area (Å²) >= 11 is 5.10. The third-order valence-electron chi connectivity index (χ3n) is 2.65. The monoisotopic (exact) mass is 316 g/mol. The van der Waals surface area contributed by atoms with Crippen molar-refractivity contribution < 1.29 is 9.90 Å². The first-order valence-corrected chi connectivity index (χ1v) is 7.09. The van der Waals surface area contributed by atoms with Gasteiger partial charge in [0.1, 0.15) is 5.03 Å². The zero-order valence-corrected chi connectivity index (χ0v) is 11.6. The van der Waals surface area contributed by atoms with E-state index in [2.05, 4.69) is 20.9 Å². The van der Waals surface area contributed by atoms with Gasteiger partial charge in [0.25, 0.3) is 0 Å². The highest BCUT2D eigenvalue weighted by Gasteiger charge is 2.24. The Balaban J connectivity index is 1.99. The minimum absolute atomic E-state index is 0.297. The molecule has 1 aromatic rings. The molecule has 4 nitrogen and oxygen atoms in total. The highest BCUT2D eigenvalue weighted by Crippen LogP contribution is 2.32. The number of pyridine rings is 1. The van der Waals surface area contributed by atoms with Crippen LogP contribution < -0.4 is 0 Å². The van der Waals surface area contributed by atoms with E-state index >= 15 is 0 Å². The van der Waals surface area contributed by atoms with Crippen LogP contribution in [0.3, 0.4) is 0 Å². The molecule has 0 aliphatic carbocycles. The SMILES string of the molecule is O=C(O)N1CCCC(Sc2ncccc2Br)C1. The predicted octanol–water partition coefficient (Wildman–Crippen LogP) is 3.08. The lowest BCUT2D eigenvalue weighted by atomic mass is 10.1. The van der Waals surface area contributed by atoms with Crippen molar-refractivity contribution in [1.29, 1.82) is 0 Å². The molecule has 1 aromatic heterocycles. The van der Waals surface area contributed by atoms with Crippen molar-refractivity contribution in [2.75, 3.05) is 13.1 Å². The molecule has 1 fully saturated rings. The largest absolute Gasteiger partial charge is 0.465 e. The molecular formula is C11H13BrN2O2S. The summed E-state index contributed by atoms with van der Waals surface area (Å²) in [5, 5.41) is 10.2. The van der Waals surface area contributed by atoms with Gasteiger partial charge in [-0.3, -0.25) is 0 Å². The van der Waals surface area contributed by atoms with Crippen molar-refractivity contribution in [3.8, 4) is 0 Å². The lowest BCUT2D eigenvalue weighted by molar-refractivity contribution is 0.137. The number of hydrogen-bond donors (Lipinski definition) is 1. The number of rotatable bonds is 2. The molecule has 0 aromatic carbocycles. The smallest absolute Gasteiger partial charge is 0.407 e. The summed E-state index contributed by atoms with van der Waals surface area (Å²) in [7, 11) is 0.